The molecule has 0 fully saturated rings. The van der Waals surface area contributed by atoms with Crippen molar-refractivity contribution >= 4 is 24.8 Å². The Balaban J connectivity index is 1.51. The lowest BCUT2D eigenvalue weighted by Gasteiger charge is -2.16. The third-order valence-electron chi connectivity index (χ3n) is 3.42. The lowest BCUT2D eigenvalue weighted by Crippen LogP contribution is -2.18. The molecule has 0 saturated carbocycles. The molecule has 0 bridgehead atoms. The van der Waals surface area contributed by atoms with Crippen LogP contribution in [0.4, 0.5) is 5.82 Å². The number of nitrogens with two attached hydrogens (primary N) is 1. The second-order valence-corrected chi connectivity index (χ2v) is 6.80. The Bertz CT molecular complexity index is 919. The molecule has 1 aromatic carbocycles. The molecule has 138 valence electrons. The van der Waals surface area contributed by atoms with E-state index in [4.69, 9.17) is 19.5 Å². The molecule has 0 aliphatic heterocycles. The molecule has 0 aliphatic carbocycles. The highest BCUT2D eigenvalue weighted by atomic mass is 31.2. The van der Waals surface area contributed by atoms with E-state index in [1.165, 1.54) is 6.33 Å². The first-order chi connectivity index (χ1) is 12.4. The van der Waals surface area contributed by atoms with Crippen molar-refractivity contribution in [2.45, 2.75) is 19.6 Å². The zero-order valence-electron chi connectivity index (χ0n) is 13.9. The number of anilines is 1. The Kier molecular flexibility index (Phi) is 5.48. The maximum atomic E-state index is 11.9. The average Bonchev–Trinajstić information content (AvgIpc) is 2.99. The Hall–Kier alpha value is -2.52. The van der Waals surface area contributed by atoms with Gasteiger partial charge in [-0.1, -0.05) is 18.2 Å². The molecule has 3 N–H and O–H groups in total. The van der Waals surface area contributed by atoms with Gasteiger partial charge in [-0.25, -0.2) is 24.0 Å². The van der Waals surface area contributed by atoms with Gasteiger partial charge in [-0.3, -0.25) is 4.89 Å². The highest BCUT2D eigenvalue weighted by Gasteiger charge is 2.23. The lowest BCUT2D eigenvalue weighted by molar-refractivity contribution is -0.0441. The minimum Gasteiger partial charge on any atom is -0.404 e. The monoisotopic (exact) mass is 379 g/mol. The Labute approximate surface area is 149 Å². The Morgan fingerprint density at radius 2 is 2.04 bits per heavy atom. The van der Waals surface area contributed by atoms with E-state index in [-0.39, 0.29) is 11.9 Å². The van der Waals surface area contributed by atoms with Crippen LogP contribution in [0.25, 0.3) is 11.2 Å². The van der Waals surface area contributed by atoms with E-state index in [0.717, 1.165) is 0 Å². The molecule has 26 heavy (non-hydrogen) atoms. The average molecular weight is 379 g/mol. The van der Waals surface area contributed by atoms with Gasteiger partial charge in [0, 0.05) is 0 Å². The fourth-order valence-electron chi connectivity index (χ4n) is 2.22. The number of nitrogen functional groups attached to an aromatic ring is 1. The Morgan fingerprint density at radius 3 is 2.81 bits per heavy atom. The van der Waals surface area contributed by atoms with E-state index in [1.54, 1.807) is 48.1 Å². The molecular formula is C15H18N5O5P. The van der Waals surface area contributed by atoms with E-state index in [1.807, 2.05) is 0 Å². The number of nitrogens with zero attached hydrogens (tertiary/aromatic N) is 4. The number of fused-ring (bicyclic) bond motifs is 1. The van der Waals surface area contributed by atoms with Gasteiger partial charge in [-0.2, -0.15) is 0 Å². The van der Waals surface area contributed by atoms with Crippen LogP contribution in [-0.2, 0) is 20.4 Å². The predicted molar refractivity (Wildman–Crippen MR) is 93.1 cm³/mol. The van der Waals surface area contributed by atoms with Gasteiger partial charge in [0.25, 0.3) is 0 Å². The molecule has 0 spiro atoms. The van der Waals surface area contributed by atoms with E-state index in [0.29, 0.717) is 23.5 Å². The summed E-state index contributed by atoms with van der Waals surface area (Å²) in [6, 6.07) is 8.22. The van der Waals surface area contributed by atoms with Gasteiger partial charge in [0.1, 0.15) is 17.6 Å². The second kappa shape index (κ2) is 7.79. The van der Waals surface area contributed by atoms with E-state index in [9.17, 15) is 9.46 Å². The standard InChI is InChI=1S/C15H18N5O5P/c1-11(7-20-9-19-13-14(16)17-8-18-15(13)20)23-10-24-26(21,22)25-12-5-3-2-4-6-12/h2-6,8-9,11H,7,10H2,1H3,(H,21,22)(H2,16,17,18)/t11-/m1/s1. The fourth-order valence-corrected chi connectivity index (χ4v) is 2.85. The van der Waals surface area contributed by atoms with Crippen molar-refractivity contribution in [1.29, 1.82) is 0 Å². The maximum absolute atomic E-state index is 11.9. The number of aromatic nitrogens is 4. The van der Waals surface area contributed by atoms with Crippen molar-refractivity contribution < 1.29 is 23.2 Å². The first kappa shape index (κ1) is 18.3. The molecule has 2 heterocycles. The Morgan fingerprint density at radius 1 is 1.27 bits per heavy atom. The number of phosphoric acid groups is 1. The zero-order chi connectivity index (χ0) is 18.6. The summed E-state index contributed by atoms with van der Waals surface area (Å²) in [5, 5.41) is 0. The molecule has 0 aliphatic rings. The molecule has 10 nitrogen and oxygen atoms in total. The molecule has 3 aromatic rings. The van der Waals surface area contributed by atoms with Crippen LogP contribution >= 0.6 is 7.82 Å². The quantitative estimate of drug-likeness (QED) is 0.445. The zero-order valence-corrected chi connectivity index (χ0v) is 14.8. The molecule has 1 unspecified atom stereocenters. The largest absolute Gasteiger partial charge is 0.529 e. The van der Waals surface area contributed by atoms with Crippen LogP contribution in [0.5, 0.6) is 5.75 Å². The van der Waals surface area contributed by atoms with Crippen LogP contribution in [0.1, 0.15) is 6.92 Å². The van der Waals surface area contributed by atoms with Crippen molar-refractivity contribution in [2.24, 2.45) is 0 Å². The summed E-state index contributed by atoms with van der Waals surface area (Å²) in [7, 11) is -4.27. The summed E-state index contributed by atoms with van der Waals surface area (Å²) in [4.78, 5) is 21.9. The molecule has 0 amide bonds. The van der Waals surface area contributed by atoms with Gasteiger partial charge < -0.3 is 19.6 Å². The molecular weight excluding hydrogens is 361 g/mol. The first-order valence-corrected chi connectivity index (χ1v) is 9.19. The maximum Gasteiger partial charge on any atom is 0.529 e. The number of benzene rings is 1. The van der Waals surface area contributed by atoms with Gasteiger partial charge in [-0.05, 0) is 19.1 Å². The molecule has 2 aromatic heterocycles. The minimum absolute atomic E-state index is 0.230. The third-order valence-corrected chi connectivity index (χ3v) is 4.29. The number of para-hydroxylation sites is 1. The van der Waals surface area contributed by atoms with Gasteiger partial charge in [0.2, 0.25) is 0 Å². The van der Waals surface area contributed by atoms with Crippen LogP contribution < -0.4 is 10.3 Å². The van der Waals surface area contributed by atoms with Crippen LogP contribution in [0.15, 0.2) is 43.0 Å². The van der Waals surface area contributed by atoms with Crippen molar-refractivity contribution in [3.63, 3.8) is 0 Å². The highest BCUT2D eigenvalue weighted by Crippen LogP contribution is 2.43. The van der Waals surface area contributed by atoms with E-state index >= 15 is 0 Å². The SMILES string of the molecule is C[C@H](Cn1cnc2c(N)ncnc21)OCOP(=O)(O)Oc1ccccc1. The summed E-state index contributed by atoms with van der Waals surface area (Å²) in [5.74, 6) is 0.526. The molecule has 0 saturated heterocycles. The smallest absolute Gasteiger partial charge is 0.404 e. The lowest BCUT2D eigenvalue weighted by atomic mass is 10.3. The number of rotatable bonds is 8. The minimum atomic E-state index is -4.27. The third kappa shape index (κ3) is 4.55. The van der Waals surface area contributed by atoms with Crippen molar-refractivity contribution in [3.05, 3.63) is 43.0 Å². The highest BCUT2D eigenvalue weighted by molar-refractivity contribution is 7.47. The van der Waals surface area contributed by atoms with Gasteiger partial charge >= 0.3 is 7.82 Å². The van der Waals surface area contributed by atoms with Crippen LogP contribution in [0, 0.1) is 0 Å². The topological polar surface area (TPSA) is 135 Å². The predicted octanol–water partition coefficient (Wildman–Crippen LogP) is 1.97. The second-order valence-electron chi connectivity index (χ2n) is 5.43. The molecule has 2 atom stereocenters. The van der Waals surface area contributed by atoms with Crippen molar-refractivity contribution in [1.82, 2.24) is 19.5 Å². The number of phosphoric ester groups is 1. The number of hydrogen-bond donors (Lipinski definition) is 2. The summed E-state index contributed by atoms with van der Waals surface area (Å²) in [6.07, 6.45) is 2.58. The van der Waals surface area contributed by atoms with Gasteiger partial charge in [-0.15, -0.1) is 0 Å². The summed E-state index contributed by atoms with van der Waals surface area (Å²) in [6.45, 7) is 1.76. The van der Waals surface area contributed by atoms with Crippen molar-refractivity contribution in [3.8, 4) is 5.75 Å². The first-order valence-electron chi connectivity index (χ1n) is 7.69. The van der Waals surface area contributed by atoms with E-state index in [2.05, 4.69) is 15.0 Å². The summed E-state index contributed by atoms with van der Waals surface area (Å²) in [5.41, 5.74) is 6.83. The number of ether oxygens (including phenoxy) is 1. The number of hydrogen-bond acceptors (Lipinski definition) is 8. The molecule has 3 rings (SSSR count). The normalized spacial score (nSPS) is 14.8. The summed E-state index contributed by atoms with van der Waals surface area (Å²) >= 11 is 0. The number of imidazole rings is 1. The molecule has 11 heteroatoms. The van der Waals surface area contributed by atoms with E-state index < -0.39 is 14.6 Å². The molecule has 0 radical (unpaired) electrons. The van der Waals surface area contributed by atoms with Crippen LogP contribution in [0.3, 0.4) is 0 Å². The summed E-state index contributed by atoms with van der Waals surface area (Å²) < 4.78 is 28.8. The van der Waals surface area contributed by atoms with Crippen LogP contribution in [0.2, 0.25) is 0 Å². The van der Waals surface area contributed by atoms with Crippen molar-refractivity contribution in [2.75, 3.05) is 12.5 Å². The van der Waals surface area contributed by atoms with Gasteiger partial charge in [0.15, 0.2) is 18.3 Å². The fraction of sp³-hybridized carbons (Fsp3) is 0.267. The van der Waals surface area contributed by atoms with Crippen LogP contribution in [-0.4, -0.2) is 37.3 Å². The van der Waals surface area contributed by atoms with Gasteiger partial charge in [0.05, 0.1) is 19.0 Å².